The molecule has 0 atom stereocenters. The van der Waals surface area contributed by atoms with E-state index in [1.807, 2.05) is 55.5 Å². The third-order valence-corrected chi connectivity index (χ3v) is 5.03. The third kappa shape index (κ3) is 5.33. The first-order chi connectivity index (χ1) is 16.0. The van der Waals surface area contributed by atoms with Gasteiger partial charge < -0.3 is 10.1 Å². The highest BCUT2D eigenvalue weighted by molar-refractivity contribution is 5.95. The van der Waals surface area contributed by atoms with Crippen LogP contribution < -0.4 is 10.1 Å². The number of allylic oxidation sites excluding steroid dienone is 1. The first kappa shape index (κ1) is 22.0. The monoisotopic (exact) mass is 442 g/mol. The summed E-state index contributed by atoms with van der Waals surface area (Å²) in [4.78, 5) is 17.6. The lowest BCUT2D eigenvalue weighted by Gasteiger charge is -2.06. The SMILES string of the molecule is COc1ccccc1C=CC(=O)n1nc(-c2ccc(C)cc2)nc1NCc1ccc(F)cc1. The van der Waals surface area contributed by atoms with Gasteiger partial charge in [0, 0.05) is 23.7 Å². The molecule has 0 saturated heterocycles. The highest BCUT2D eigenvalue weighted by atomic mass is 19.1. The first-order valence-corrected chi connectivity index (χ1v) is 10.4. The molecule has 0 spiro atoms. The number of nitrogens with zero attached hydrogens (tertiary/aromatic N) is 3. The molecule has 0 aliphatic rings. The largest absolute Gasteiger partial charge is 0.496 e. The summed E-state index contributed by atoms with van der Waals surface area (Å²) in [6.07, 6.45) is 3.10. The zero-order valence-corrected chi connectivity index (χ0v) is 18.3. The van der Waals surface area contributed by atoms with Gasteiger partial charge in [-0.25, -0.2) is 4.39 Å². The van der Waals surface area contributed by atoms with E-state index in [-0.39, 0.29) is 11.7 Å². The fourth-order valence-corrected chi connectivity index (χ4v) is 3.22. The Kier molecular flexibility index (Phi) is 6.59. The number of nitrogens with one attached hydrogen (secondary N) is 1. The average Bonchev–Trinajstić information content (AvgIpc) is 3.27. The summed E-state index contributed by atoms with van der Waals surface area (Å²) in [7, 11) is 1.58. The number of halogens is 1. The van der Waals surface area contributed by atoms with Crippen LogP contribution in [0, 0.1) is 12.7 Å². The highest BCUT2D eigenvalue weighted by Crippen LogP contribution is 2.21. The Bertz CT molecular complexity index is 1280. The molecule has 4 rings (SSSR count). The molecule has 4 aromatic rings. The Morgan fingerprint density at radius 3 is 2.52 bits per heavy atom. The van der Waals surface area contributed by atoms with Gasteiger partial charge in [0.1, 0.15) is 11.6 Å². The van der Waals surface area contributed by atoms with Crippen LogP contribution in [-0.4, -0.2) is 27.8 Å². The van der Waals surface area contributed by atoms with Crippen molar-refractivity contribution in [2.45, 2.75) is 13.5 Å². The van der Waals surface area contributed by atoms with E-state index in [1.165, 1.54) is 22.9 Å². The van der Waals surface area contributed by atoms with Gasteiger partial charge in [-0.2, -0.15) is 9.67 Å². The quantitative estimate of drug-likeness (QED) is 0.390. The van der Waals surface area contributed by atoms with Crippen LogP contribution in [0.4, 0.5) is 10.3 Å². The maximum Gasteiger partial charge on any atom is 0.274 e. The number of benzene rings is 3. The molecular weight excluding hydrogens is 419 g/mol. The molecule has 3 aromatic carbocycles. The van der Waals surface area contributed by atoms with E-state index < -0.39 is 0 Å². The Hall–Kier alpha value is -4.26. The van der Waals surface area contributed by atoms with Crippen LogP contribution in [0.15, 0.2) is 78.9 Å². The number of hydrogen-bond acceptors (Lipinski definition) is 5. The summed E-state index contributed by atoms with van der Waals surface area (Å²) >= 11 is 0. The van der Waals surface area contributed by atoms with Crippen molar-refractivity contribution in [2.24, 2.45) is 0 Å². The van der Waals surface area contributed by atoms with E-state index in [4.69, 9.17) is 4.74 Å². The van der Waals surface area contributed by atoms with E-state index in [2.05, 4.69) is 15.4 Å². The number of rotatable bonds is 7. The maximum absolute atomic E-state index is 13.2. The summed E-state index contributed by atoms with van der Waals surface area (Å²) in [5, 5.41) is 7.58. The minimum Gasteiger partial charge on any atom is -0.496 e. The van der Waals surface area contributed by atoms with Crippen LogP contribution in [0.25, 0.3) is 17.5 Å². The highest BCUT2D eigenvalue weighted by Gasteiger charge is 2.16. The van der Waals surface area contributed by atoms with E-state index in [1.54, 1.807) is 25.3 Å². The maximum atomic E-state index is 13.2. The zero-order chi connectivity index (χ0) is 23.2. The van der Waals surface area contributed by atoms with Crippen molar-refractivity contribution >= 4 is 17.9 Å². The molecule has 0 fully saturated rings. The zero-order valence-electron chi connectivity index (χ0n) is 18.3. The van der Waals surface area contributed by atoms with Crippen molar-refractivity contribution in [1.29, 1.82) is 0 Å². The lowest BCUT2D eigenvalue weighted by molar-refractivity contribution is 0.0957. The van der Waals surface area contributed by atoms with Crippen LogP contribution in [0.2, 0.25) is 0 Å². The van der Waals surface area contributed by atoms with Crippen LogP contribution in [0.1, 0.15) is 21.5 Å². The molecule has 1 N–H and O–H groups in total. The Morgan fingerprint density at radius 2 is 1.79 bits per heavy atom. The average molecular weight is 442 g/mol. The summed E-state index contributed by atoms with van der Waals surface area (Å²) < 4.78 is 19.8. The Morgan fingerprint density at radius 1 is 1.06 bits per heavy atom. The van der Waals surface area contributed by atoms with Crippen LogP contribution in [0.5, 0.6) is 5.75 Å². The number of carbonyl (C=O) groups is 1. The molecule has 7 heteroatoms. The lowest BCUT2D eigenvalue weighted by atomic mass is 10.1. The number of aryl methyl sites for hydroxylation is 1. The second kappa shape index (κ2) is 9.91. The predicted molar refractivity (Wildman–Crippen MR) is 127 cm³/mol. The normalized spacial score (nSPS) is 11.0. The van der Waals surface area contributed by atoms with Crippen molar-refractivity contribution in [3.63, 3.8) is 0 Å². The number of carbonyl (C=O) groups excluding carboxylic acids is 1. The molecule has 6 nitrogen and oxygen atoms in total. The van der Waals surface area contributed by atoms with E-state index >= 15 is 0 Å². The van der Waals surface area contributed by atoms with Gasteiger partial charge >= 0.3 is 0 Å². The van der Waals surface area contributed by atoms with Crippen molar-refractivity contribution in [2.75, 3.05) is 12.4 Å². The molecule has 0 amide bonds. The van der Waals surface area contributed by atoms with Gasteiger partial charge in [-0.1, -0.05) is 60.2 Å². The van der Waals surface area contributed by atoms with Crippen molar-refractivity contribution in [3.05, 3.63) is 101 Å². The van der Waals surface area contributed by atoms with Crippen molar-refractivity contribution in [3.8, 4) is 17.1 Å². The number of methoxy groups -OCH3 is 1. The standard InChI is InChI=1S/C26H23FN4O2/c1-18-7-11-21(12-8-18)25-29-26(28-17-19-9-14-22(27)15-10-19)31(30-25)24(32)16-13-20-5-3-4-6-23(20)33-2/h3-16H,17H2,1-2H3,(H,28,29,30). The molecule has 33 heavy (non-hydrogen) atoms. The second-order valence-electron chi connectivity index (χ2n) is 7.43. The summed E-state index contributed by atoms with van der Waals surface area (Å²) in [6, 6.07) is 21.3. The minimum absolute atomic E-state index is 0.296. The molecule has 0 saturated carbocycles. The van der Waals surface area contributed by atoms with Gasteiger partial charge in [-0.15, -0.1) is 5.10 Å². The molecule has 0 aliphatic carbocycles. The summed E-state index contributed by atoms with van der Waals surface area (Å²) in [5.41, 5.74) is 3.53. The summed E-state index contributed by atoms with van der Waals surface area (Å²) in [6.45, 7) is 2.35. The fourth-order valence-electron chi connectivity index (χ4n) is 3.22. The molecule has 0 bridgehead atoms. The molecule has 166 valence electrons. The van der Waals surface area contributed by atoms with Gasteiger partial charge in [-0.05, 0) is 36.8 Å². The fraction of sp³-hybridized carbons (Fsp3) is 0.115. The topological polar surface area (TPSA) is 69.0 Å². The summed E-state index contributed by atoms with van der Waals surface area (Å²) in [5.74, 6) is 0.712. The Labute approximate surface area is 191 Å². The number of aromatic nitrogens is 3. The van der Waals surface area contributed by atoms with Gasteiger partial charge in [0.25, 0.3) is 5.91 Å². The van der Waals surface area contributed by atoms with E-state index in [0.29, 0.717) is 24.1 Å². The Balaban J connectivity index is 1.63. The smallest absolute Gasteiger partial charge is 0.274 e. The predicted octanol–water partition coefficient (Wildman–Crippen LogP) is 5.37. The molecular formula is C26H23FN4O2. The van der Waals surface area contributed by atoms with Crippen LogP contribution in [-0.2, 0) is 6.54 Å². The van der Waals surface area contributed by atoms with Gasteiger partial charge in [0.2, 0.25) is 5.95 Å². The van der Waals surface area contributed by atoms with E-state index in [0.717, 1.165) is 22.3 Å². The molecule has 1 aromatic heterocycles. The van der Waals surface area contributed by atoms with Gasteiger partial charge in [0.05, 0.1) is 7.11 Å². The first-order valence-electron chi connectivity index (χ1n) is 10.4. The van der Waals surface area contributed by atoms with Crippen molar-refractivity contribution < 1.29 is 13.9 Å². The molecule has 0 unspecified atom stereocenters. The molecule has 0 aliphatic heterocycles. The second-order valence-corrected chi connectivity index (χ2v) is 7.43. The number of hydrogen-bond donors (Lipinski definition) is 1. The molecule has 0 radical (unpaired) electrons. The van der Waals surface area contributed by atoms with Gasteiger partial charge in [-0.3, -0.25) is 4.79 Å². The number of ether oxygens (including phenoxy) is 1. The van der Waals surface area contributed by atoms with Crippen LogP contribution in [0.3, 0.4) is 0 Å². The molecule has 1 heterocycles. The third-order valence-electron chi connectivity index (χ3n) is 5.03. The number of anilines is 1. The van der Waals surface area contributed by atoms with E-state index in [9.17, 15) is 9.18 Å². The van der Waals surface area contributed by atoms with Crippen molar-refractivity contribution in [1.82, 2.24) is 14.8 Å². The lowest BCUT2D eigenvalue weighted by Crippen LogP contribution is -2.14. The van der Waals surface area contributed by atoms with Gasteiger partial charge in [0.15, 0.2) is 5.82 Å². The minimum atomic E-state index is -0.367. The number of para-hydroxylation sites is 1. The van der Waals surface area contributed by atoms with Crippen LogP contribution >= 0.6 is 0 Å².